The molecular formula is C14H22N2O. The molecule has 1 aromatic rings. The predicted octanol–water partition coefficient (Wildman–Crippen LogP) is 2.89. The van der Waals surface area contributed by atoms with Crippen LogP contribution in [0.3, 0.4) is 0 Å². The molecule has 0 aromatic carbocycles. The Morgan fingerprint density at radius 3 is 2.82 bits per heavy atom. The predicted molar refractivity (Wildman–Crippen MR) is 67.7 cm³/mol. The van der Waals surface area contributed by atoms with Gasteiger partial charge in [0.2, 0.25) is 0 Å². The van der Waals surface area contributed by atoms with Gasteiger partial charge in [-0.15, -0.1) is 0 Å². The average molecular weight is 234 g/mol. The van der Waals surface area contributed by atoms with Crippen LogP contribution in [0.4, 0.5) is 0 Å². The Kier molecular flexibility index (Phi) is 4.35. The molecule has 1 aliphatic carbocycles. The highest BCUT2D eigenvalue weighted by Gasteiger charge is 2.16. The molecule has 0 saturated heterocycles. The fraction of sp³-hybridized carbons (Fsp3) is 0.714. The van der Waals surface area contributed by atoms with Crippen LogP contribution in [0, 0.1) is 5.92 Å². The van der Waals surface area contributed by atoms with Gasteiger partial charge in [0, 0.05) is 31.8 Å². The summed E-state index contributed by atoms with van der Waals surface area (Å²) < 4.78 is 1.86. The summed E-state index contributed by atoms with van der Waals surface area (Å²) in [6.07, 6.45) is 10.6. The molecule has 0 amide bonds. The first-order valence-electron chi connectivity index (χ1n) is 6.74. The normalized spacial score (nSPS) is 17.2. The summed E-state index contributed by atoms with van der Waals surface area (Å²) in [7, 11) is 1.93. The fourth-order valence-electron chi connectivity index (χ4n) is 2.73. The van der Waals surface area contributed by atoms with Crippen LogP contribution < -0.4 is 0 Å². The van der Waals surface area contributed by atoms with Gasteiger partial charge in [-0.3, -0.25) is 9.48 Å². The number of nitrogens with zero attached hydrogens (tertiary/aromatic N) is 2. The highest BCUT2D eigenvalue weighted by atomic mass is 16.1. The van der Waals surface area contributed by atoms with Crippen LogP contribution in [0.15, 0.2) is 12.3 Å². The lowest BCUT2D eigenvalue weighted by molar-refractivity contribution is -0.120. The van der Waals surface area contributed by atoms with E-state index >= 15 is 0 Å². The van der Waals surface area contributed by atoms with E-state index in [-0.39, 0.29) is 0 Å². The van der Waals surface area contributed by atoms with Gasteiger partial charge in [0.25, 0.3) is 0 Å². The van der Waals surface area contributed by atoms with Crippen LogP contribution in [0.1, 0.15) is 50.6 Å². The van der Waals surface area contributed by atoms with Crippen LogP contribution in [0.25, 0.3) is 0 Å². The smallest absolute Gasteiger partial charge is 0.133 e. The standard InChI is InChI=1S/C14H22N2O/c1-16-13(9-10-15-16)7-8-14(17)11-12-5-3-2-4-6-12/h9-10,12H,2-8,11H2,1H3. The first kappa shape index (κ1) is 12.3. The summed E-state index contributed by atoms with van der Waals surface area (Å²) in [6.45, 7) is 0. The first-order chi connectivity index (χ1) is 8.25. The molecule has 94 valence electrons. The zero-order valence-electron chi connectivity index (χ0n) is 10.7. The van der Waals surface area contributed by atoms with Gasteiger partial charge in [-0.05, 0) is 18.4 Å². The van der Waals surface area contributed by atoms with Gasteiger partial charge in [-0.25, -0.2) is 0 Å². The number of hydrogen-bond donors (Lipinski definition) is 0. The van der Waals surface area contributed by atoms with Gasteiger partial charge in [0.05, 0.1) is 0 Å². The highest BCUT2D eigenvalue weighted by Crippen LogP contribution is 2.26. The summed E-state index contributed by atoms with van der Waals surface area (Å²) in [4.78, 5) is 11.9. The molecule has 0 atom stereocenters. The topological polar surface area (TPSA) is 34.9 Å². The second-order valence-electron chi connectivity index (χ2n) is 5.19. The van der Waals surface area contributed by atoms with Crippen LogP contribution in [-0.4, -0.2) is 15.6 Å². The maximum absolute atomic E-state index is 11.9. The molecule has 1 saturated carbocycles. The Balaban J connectivity index is 1.72. The maximum Gasteiger partial charge on any atom is 0.133 e. The van der Waals surface area contributed by atoms with Gasteiger partial charge in [0.1, 0.15) is 5.78 Å². The van der Waals surface area contributed by atoms with Crippen molar-refractivity contribution in [1.29, 1.82) is 0 Å². The molecule has 1 aliphatic rings. The largest absolute Gasteiger partial charge is 0.300 e. The Labute approximate surface area is 103 Å². The van der Waals surface area contributed by atoms with E-state index in [1.165, 1.54) is 32.1 Å². The Bertz CT molecular complexity index is 364. The van der Waals surface area contributed by atoms with E-state index in [4.69, 9.17) is 0 Å². The quantitative estimate of drug-likeness (QED) is 0.785. The van der Waals surface area contributed by atoms with E-state index in [9.17, 15) is 4.79 Å². The molecule has 1 heterocycles. The molecule has 3 nitrogen and oxygen atoms in total. The molecule has 3 heteroatoms. The van der Waals surface area contributed by atoms with E-state index in [2.05, 4.69) is 5.10 Å². The molecule has 0 radical (unpaired) electrons. The van der Waals surface area contributed by atoms with Gasteiger partial charge < -0.3 is 0 Å². The Morgan fingerprint density at radius 2 is 2.18 bits per heavy atom. The van der Waals surface area contributed by atoms with E-state index in [0.717, 1.165) is 18.5 Å². The van der Waals surface area contributed by atoms with Crippen molar-refractivity contribution in [1.82, 2.24) is 9.78 Å². The van der Waals surface area contributed by atoms with Crippen LogP contribution in [0.5, 0.6) is 0 Å². The third-order valence-corrected chi connectivity index (χ3v) is 3.82. The van der Waals surface area contributed by atoms with Crippen molar-refractivity contribution in [2.24, 2.45) is 13.0 Å². The van der Waals surface area contributed by atoms with Crippen molar-refractivity contribution in [3.63, 3.8) is 0 Å². The van der Waals surface area contributed by atoms with Gasteiger partial charge in [0.15, 0.2) is 0 Å². The number of aromatic nitrogens is 2. The van der Waals surface area contributed by atoms with Crippen LogP contribution in [-0.2, 0) is 18.3 Å². The molecule has 1 fully saturated rings. The molecular weight excluding hydrogens is 212 g/mol. The Morgan fingerprint density at radius 1 is 1.41 bits per heavy atom. The minimum Gasteiger partial charge on any atom is -0.300 e. The summed E-state index contributed by atoms with van der Waals surface area (Å²) in [6, 6.07) is 1.99. The minimum absolute atomic E-state index is 0.429. The fourth-order valence-corrected chi connectivity index (χ4v) is 2.73. The van der Waals surface area contributed by atoms with Crippen molar-refractivity contribution >= 4 is 5.78 Å². The molecule has 1 aromatic heterocycles. The van der Waals surface area contributed by atoms with Crippen molar-refractivity contribution in [3.05, 3.63) is 18.0 Å². The highest BCUT2D eigenvalue weighted by molar-refractivity contribution is 5.78. The molecule has 2 rings (SSSR count). The number of Topliss-reactive ketones (excluding diaryl/α,β-unsaturated/α-hetero) is 1. The summed E-state index contributed by atoms with van der Waals surface area (Å²) in [5.74, 6) is 1.10. The third-order valence-electron chi connectivity index (χ3n) is 3.82. The minimum atomic E-state index is 0.429. The van der Waals surface area contributed by atoms with E-state index in [1.54, 1.807) is 6.20 Å². The van der Waals surface area contributed by atoms with Crippen molar-refractivity contribution in [3.8, 4) is 0 Å². The van der Waals surface area contributed by atoms with Gasteiger partial charge >= 0.3 is 0 Å². The molecule has 17 heavy (non-hydrogen) atoms. The lowest BCUT2D eigenvalue weighted by Gasteiger charge is -2.20. The second-order valence-corrected chi connectivity index (χ2v) is 5.19. The number of hydrogen-bond acceptors (Lipinski definition) is 2. The van der Waals surface area contributed by atoms with Gasteiger partial charge in [-0.2, -0.15) is 5.10 Å². The Hall–Kier alpha value is -1.12. The SMILES string of the molecule is Cn1nccc1CCC(=O)CC1CCCCC1. The van der Waals surface area contributed by atoms with Crippen molar-refractivity contribution in [2.45, 2.75) is 51.4 Å². The summed E-state index contributed by atoms with van der Waals surface area (Å²) in [5.41, 5.74) is 1.15. The first-order valence-corrected chi connectivity index (χ1v) is 6.74. The van der Waals surface area contributed by atoms with Crippen molar-refractivity contribution < 1.29 is 4.79 Å². The zero-order valence-corrected chi connectivity index (χ0v) is 10.7. The monoisotopic (exact) mass is 234 g/mol. The molecule has 0 spiro atoms. The zero-order chi connectivity index (χ0) is 12.1. The third kappa shape index (κ3) is 3.69. The van der Waals surface area contributed by atoms with E-state index in [1.807, 2.05) is 17.8 Å². The van der Waals surface area contributed by atoms with E-state index < -0.39 is 0 Å². The second kappa shape index (κ2) is 5.99. The lowest BCUT2D eigenvalue weighted by Crippen LogP contribution is -2.13. The molecule has 0 unspecified atom stereocenters. The average Bonchev–Trinajstić information content (AvgIpc) is 2.74. The maximum atomic E-state index is 11.9. The van der Waals surface area contributed by atoms with Crippen LogP contribution in [0.2, 0.25) is 0 Å². The molecule has 0 N–H and O–H groups in total. The molecule has 0 bridgehead atoms. The van der Waals surface area contributed by atoms with E-state index in [0.29, 0.717) is 18.1 Å². The van der Waals surface area contributed by atoms with Crippen molar-refractivity contribution in [2.75, 3.05) is 0 Å². The molecule has 0 aliphatic heterocycles. The number of carbonyl (C=O) groups is 1. The number of rotatable bonds is 5. The van der Waals surface area contributed by atoms with Crippen LogP contribution >= 0.6 is 0 Å². The number of carbonyl (C=O) groups excluding carboxylic acids is 1. The summed E-state index contributed by atoms with van der Waals surface area (Å²) in [5, 5.41) is 4.12. The lowest BCUT2D eigenvalue weighted by atomic mass is 9.85. The van der Waals surface area contributed by atoms with Gasteiger partial charge in [-0.1, -0.05) is 32.1 Å². The summed E-state index contributed by atoms with van der Waals surface area (Å²) >= 11 is 0. The number of aryl methyl sites for hydroxylation is 2. The number of ketones is 1.